The number of fused-ring (bicyclic) bond motifs is 1. The van der Waals surface area contributed by atoms with Gasteiger partial charge in [0.2, 0.25) is 0 Å². The summed E-state index contributed by atoms with van der Waals surface area (Å²) in [4.78, 5) is 19.7. The van der Waals surface area contributed by atoms with Crippen molar-refractivity contribution >= 4 is 32.6 Å². The number of thiazole rings is 1. The van der Waals surface area contributed by atoms with Crippen molar-refractivity contribution in [3.63, 3.8) is 0 Å². The summed E-state index contributed by atoms with van der Waals surface area (Å²) < 4.78 is 6.88. The Morgan fingerprint density at radius 2 is 1.70 bits per heavy atom. The minimum atomic E-state index is -0.118. The lowest BCUT2D eigenvalue weighted by Crippen LogP contribution is -2.34. The molecule has 0 fully saturated rings. The fourth-order valence-corrected chi connectivity index (χ4v) is 4.40. The first-order valence-electron chi connectivity index (χ1n) is 9.91. The van der Waals surface area contributed by atoms with E-state index in [1.54, 1.807) is 16.2 Å². The first-order valence-corrected chi connectivity index (χ1v) is 10.7. The molecule has 0 N–H and O–H groups in total. The van der Waals surface area contributed by atoms with E-state index in [4.69, 9.17) is 9.72 Å². The molecule has 4 rings (SSSR count). The summed E-state index contributed by atoms with van der Waals surface area (Å²) in [5.74, 6) is 0.567. The molecule has 30 heavy (non-hydrogen) atoms. The molecule has 0 unspecified atom stereocenters. The van der Waals surface area contributed by atoms with E-state index in [0.29, 0.717) is 17.4 Å². The van der Waals surface area contributed by atoms with E-state index in [-0.39, 0.29) is 12.5 Å². The molecular formula is C25H24N2O2S. The minimum absolute atomic E-state index is 0.0379. The number of carbonyl (C=O) groups excluding carboxylic acids is 1. The predicted molar refractivity (Wildman–Crippen MR) is 123 cm³/mol. The lowest BCUT2D eigenvalue weighted by Gasteiger charge is -2.20. The quantitative estimate of drug-likeness (QED) is 0.397. The number of aryl methyl sites for hydroxylation is 3. The Balaban J connectivity index is 1.63. The van der Waals surface area contributed by atoms with Crippen molar-refractivity contribution in [3.05, 3.63) is 89.0 Å². The van der Waals surface area contributed by atoms with Gasteiger partial charge in [-0.2, -0.15) is 0 Å². The molecule has 0 aliphatic heterocycles. The van der Waals surface area contributed by atoms with Crippen molar-refractivity contribution in [2.75, 3.05) is 11.5 Å². The van der Waals surface area contributed by atoms with E-state index in [1.807, 2.05) is 61.5 Å². The van der Waals surface area contributed by atoms with Gasteiger partial charge in [-0.1, -0.05) is 65.4 Å². The molecule has 4 aromatic rings. The fourth-order valence-electron chi connectivity index (χ4n) is 3.37. The molecule has 0 aliphatic carbocycles. The van der Waals surface area contributed by atoms with Gasteiger partial charge in [-0.15, -0.1) is 0 Å². The smallest absolute Gasteiger partial charge is 0.267 e. The van der Waals surface area contributed by atoms with Crippen molar-refractivity contribution in [2.24, 2.45) is 0 Å². The maximum Gasteiger partial charge on any atom is 0.267 e. The number of hydrogen-bond acceptors (Lipinski definition) is 4. The van der Waals surface area contributed by atoms with Crippen LogP contribution >= 0.6 is 11.3 Å². The molecule has 0 atom stereocenters. The molecule has 0 radical (unpaired) electrons. The van der Waals surface area contributed by atoms with Crippen molar-refractivity contribution < 1.29 is 9.53 Å². The first-order chi connectivity index (χ1) is 14.5. The molecule has 1 heterocycles. The molecule has 1 amide bonds. The molecule has 4 nitrogen and oxygen atoms in total. The van der Waals surface area contributed by atoms with Gasteiger partial charge in [-0.3, -0.25) is 9.69 Å². The van der Waals surface area contributed by atoms with E-state index in [9.17, 15) is 4.79 Å². The highest BCUT2D eigenvalue weighted by atomic mass is 32.1. The Bertz CT molecular complexity index is 1170. The molecule has 0 aliphatic rings. The molecular weight excluding hydrogens is 392 g/mol. The van der Waals surface area contributed by atoms with Gasteiger partial charge in [-0.05, 0) is 55.7 Å². The molecule has 3 aromatic carbocycles. The van der Waals surface area contributed by atoms with Crippen molar-refractivity contribution in [3.8, 4) is 5.75 Å². The second kappa shape index (κ2) is 8.67. The van der Waals surface area contributed by atoms with Crippen LogP contribution in [0.25, 0.3) is 10.2 Å². The van der Waals surface area contributed by atoms with Crippen LogP contribution in [0.15, 0.2) is 66.7 Å². The molecule has 0 saturated heterocycles. The van der Waals surface area contributed by atoms with Crippen molar-refractivity contribution in [2.45, 2.75) is 27.3 Å². The van der Waals surface area contributed by atoms with Crippen molar-refractivity contribution in [1.82, 2.24) is 4.98 Å². The number of carbonyl (C=O) groups is 1. The maximum absolute atomic E-state index is 13.2. The van der Waals surface area contributed by atoms with E-state index < -0.39 is 0 Å². The lowest BCUT2D eigenvalue weighted by atomic mass is 10.1. The summed E-state index contributed by atoms with van der Waals surface area (Å²) in [5.41, 5.74) is 5.47. The summed E-state index contributed by atoms with van der Waals surface area (Å²) in [7, 11) is 0. The van der Waals surface area contributed by atoms with Crippen LogP contribution in [0.3, 0.4) is 0 Å². The fraction of sp³-hybridized carbons (Fsp3) is 0.200. The van der Waals surface area contributed by atoms with Gasteiger partial charge in [0.15, 0.2) is 11.7 Å². The largest absolute Gasteiger partial charge is 0.484 e. The number of rotatable bonds is 6. The van der Waals surface area contributed by atoms with Gasteiger partial charge >= 0.3 is 0 Å². The van der Waals surface area contributed by atoms with Crippen LogP contribution in [0.1, 0.15) is 22.3 Å². The van der Waals surface area contributed by atoms with E-state index in [0.717, 1.165) is 21.3 Å². The molecule has 0 saturated carbocycles. The third-order valence-corrected chi connectivity index (χ3v) is 6.14. The SMILES string of the molecule is Cc1ccc(OCC(=O)N(Cc2ccccc2)c2nc3cc(C)cc(C)c3s2)cc1. The Hall–Kier alpha value is -3.18. The van der Waals surface area contributed by atoms with Gasteiger partial charge < -0.3 is 4.74 Å². The molecule has 0 spiro atoms. The summed E-state index contributed by atoms with van der Waals surface area (Å²) in [6.45, 7) is 6.58. The number of benzene rings is 3. The number of nitrogens with zero attached hydrogens (tertiary/aromatic N) is 2. The number of aromatic nitrogens is 1. The third kappa shape index (κ3) is 4.52. The van der Waals surface area contributed by atoms with Gasteiger partial charge in [0, 0.05) is 0 Å². The Morgan fingerprint density at radius 1 is 0.967 bits per heavy atom. The van der Waals surface area contributed by atoms with Crippen LogP contribution in [0.5, 0.6) is 5.75 Å². The number of anilines is 1. The Morgan fingerprint density at radius 3 is 2.43 bits per heavy atom. The average molecular weight is 417 g/mol. The Labute approximate surface area is 180 Å². The minimum Gasteiger partial charge on any atom is -0.484 e. The number of amides is 1. The molecule has 1 aromatic heterocycles. The van der Waals surface area contributed by atoms with Crippen LogP contribution in [-0.2, 0) is 11.3 Å². The average Bonchev–Trinajstić information content (AvgIpc) is 3.16. The predicted octanol–water partition coefficient (Wildman–Crippen LogP) is 5.83. The van der Waals surface area contributed by atoms with Crippen LogP contribution in [0.2, 0.25) is 0 Å². The van der Waals surface area contributed by atoms with Gasteiger partial charge in [0.25, 0.3) is 5.91 Å². The van der Waals surface area contributed by atoms with Gasteiger partial charge in [0.05, 0.1) is 16.8 Å². The highest BCUT2D eigenvalue weighted by Crippen LogP contribution is 2.33. The summed E-state index contributed by atoms with van der Waals surface area (Å²) >= 11 is 1.55. The van der Waals surface area contributed by atoms with E-state index >= 15 is 0 Å². The highest BCUT2D eigenvalue weighted by molar-refractivity contribution is 7.22. The highest BCUT2D eigenvalue weighted by Gasteiger charge is 2.21. The standard InChI is InChI=1S/C25H24N2O2S/c1-17-9-11-21(12-10-17)29-16-23(28)27(15-20-7-5-4-6-8-20)25-26-22-14-18(2)13-19(3)24(22)30-25/h4-14H,15-16H2,1-3H3. The maximum atomic E-state index is 13.2. The van der Waals surface area contributed by atoms with Crippen LogP contribution in [0.4, 0.5) is 5.13 Å². The zero-order valence-electron chi connectivity index (χ0n) is 17.4. The van der Waals surface area contributed by atoms with E-state index in [2.05, 4.69) is 26.0 Å². The summed E-state index contributed by atoms with van der Waals surface area (Å²) in [6.07, 6.45) is 0. The van der Waals surface area contributed by atoms with Crippen LogP contribution < -0.4 is 9.64 Å². The van der Waals surface area contributed by atoms with E-state index in [1.165, 1.54) is 11.1 Å². The first kappa shape index (κ1) is 20.1. The van der Waals surface area contributed by atoms with Crippen LogP contribution in [-0.4, -0.2) is 17.5 Å². The number of hydrogen-bond donors (Lipinski definition) is 0. The second-order valence-electron chi connectivity index (χ2n) is 7.49. The molecule has 5 heteroatoms. The summed E-state index contributed by atoms with van der Waals surface area (Å²) in [6, 6.07) is 21.9. The van der Waals surface area contributed by atoms with Crippen molar-refractivity contribution in [1.29, 1.82) is 0 Å². The van der Waals surface area contributed by atoms with Gasteiger partial charge in [-0.25, -0.2) is 4.98 Å². The zero-order chi connectivity index (χ0) is 21.1. The Kier molecular flexibility index (Phi) is 5.81. The topological polar surface area (TPSA) is 42.4 Å². The molecule has 152 valence electrons. The van der Waals surface area contributed by atoms with Gasteiger partial charge in [0.1, 0.15) is 5.75 Å². The summed E-state index contributed by atoms with van der Waals surface area (Å²) in [5, 5.41) is 0.694. The lowest BCUT2D eigenvalue weighted by molar-refractivity contribution is -0.120. The number of ether oxygens (including phenoxy) is 1. The normalized spacial score (nSPS) is 10.9. The second-order valence-corrected chi connectivity index (χ2v) is 8.47. The zero-order valence-corrected chi connectivity index (χ0v) is 18.2. The van der Waals surface area contributed by atoms with Crippen LogP contribution in [0, 0.1) is 20.8 Å². The third-order valence-electron chi connectivity index (χ3n) is 4.91. The monoisotopic (exact) mass is 416 g/mol. The molecule has 0 bridgehead atoms.